The molecule has 0 bridgehead atoms. The van der Waals surface area contributed by atoms with Crippen molar-refractivity contribution in [2.24, 2.45) is 0 Å². The van der Waals surface area contributed by atoms with E-state index in [-0.39, 0.29) is 17.0 Å². The van der Waals surface area contributed by atoms with Crippen molar-refractivity contribution in [1.82, 2.24) is 4.90 Å². The number of anilines is 1. The third-order valence-corrected chi connectivity index (χ3v) is 5.20. The van der Waals surface area contributed by atoms with Gasteiger partial charge in [-0.2, -0.15) is 0 Å². The Labute approximate surface area is 135 Å². The normalized spacial score (nSPS) is 16.5. The number of carbonyl (C=O) groups is 1. The Kier molecular flexibility index (Phi) is 4.55. The Morgan fingerprint density at radius 2 is 1.50 bits per heavy atom. The number of amides is 1. The maximum atomic E-state index is 13.2. The van der Waals surface area contributed by atoms with Gasteiger partial charge in [-0.3, -0.25) is 4.79 Å². The highest BCUT2D eigenvalue weighted by atomic mass is 16.2. The zero-order chi connectivity index (χ0) is 16.5. The van der Waals surface area contributed by atoms with E-state index in [4.69, 9.17) is 0 Å². The Balaban J connectivity index is 2.53. The first-order chi connectivity index (χ1) is 10.2. The molecule has 1 heterocycles. The third kappa shape index (κ3) is 2.86. The number of nitrogens with zero attached hydrogens (tertiary/aromatic N) is 2. The highest BCUT2D eigenvalue weighted by molar-refractivity contribution is 6.01. The van der Waals surface area contributed by atoms with Crippen molar-refractivity contribution in [2.75, 3.05) is 18.0 Å². The summed E-state index contributed by atoms with van der Waals surface area (Å²) in [6.45, 7) is 14.9. The summed E-state index contributed by atoms with van der Waals surface area (Å²) in [5, 5.41) is 0. The van der Waals surface area contributed by atoms with Gasteiger partial charge in [-0.05, 0) is 52.7 Å². The molecule has 2 rings (SSSR count). The fourth-order valence-electron chi connectivity index (χ4n) is 3.30. The minimum absolute atomic E-state index is 0.00121. The molecule has 1 aliphatic heterocycles. The molecule has 22 heavy (non-hydrogen) atoms. The molecule has 0 unspecified atom stereocenters. The first kappa shape index (κ1) is 16.9. The van der Waals surface area contributed by atoms with E-state index in [1.807, 2.05) is 18.2 Å². The van der Waals surface area contributed by atoms with Crippen molar-refractivity contribution < 1.29 is 4.79 Å². The molecule has 0 saturated heterocycles. The fourth-order valence-corrected chi connectivity index (χ4v) is 3.30. The van der Waals surface area contributed by atoms with Crippen LogP contribution in [0.5, 0.6) is 0 Å². The molecular weight excluding hydrogens is 272 g/mol. The van der Waals surface area contributed by atoms with Gasteiger partial charge in [0, 0.05) is 24.2 Å². The second-order valence-electron chi connectivity index (χ2n) is 7.50. The van der Waals surface area contributed by atoms with Crippen LogP contribution in [0.2, 0.25) is 0 Å². The van der Waals surface area contributed by atoms with Gasteiger partial charge < -0.3 is 9.80 Å². The number of rotatable bonds is 3. The van der Waals surface area contributed by atoms with E-state index in [1.54, 1.807) is 0 Å². The summed E-state index contributed by atoms with van der Waals surface area (Å²) in [5.74, 6) is 0.175. The van der Waals surface area contributed by atoms with Crippen LogP contribution >= 0.6 is 0 Å². The van der Waals surface area contributed by atoms with E-state index in [1.165, 1.54) is 0 Å². The van der Waals surface area contributed by atoms with Crippen LogP contribution in [-0.2, 0) is 0 Å². The zero-order valence-electron chi connectivity index (χ0n) is 14.9. The van der Waals surface area contributed by atoms with E-state index in [2.05, 4.69) is 57.4 Å². The van der Waals surface area contributed by atoms with Crippen molar-refractivity contribution in [2.45, 2.75) is 65.5 Å². The lowest BCUT2D eigenvalue weighted by atomic mass is 9.92. The lowest BCUT2D eigenvalue weighted by Gasteiger charge is -2.41. The predicted molar refractivity (Wildman–Crippen MR) is 93.6 cm³/mol. The largest absolute Gasteiger partial charge is 0.364 e. The molecule has 122 valence electrons. The zero-order valence-corrected chi connectivity index (χ0v) is 14.9. The van der Waals surface area contributed by atoms with Crippen LogP contribution < -0.4 is 4.90 Å². The smallest absolute Gasteiger partial charge is 0.256 e. The standard InChI is InChI=1S/C19H30N2O/c1-7-19(6,8-2)21-14-13-20(18(3,4)5)16-12-10-9-11-15(16)17(21)22/h9-12H,7-8,13-14H2,1-6H3. The van der Waals surface area contributed by atoms with Crippen LogP contribution in [0.3, 0.4) is 0 Å². The van der Waals surface area contributed by atoms with Crippen LogP contribution in [0.4, 0.5) is 5.69 Å². The van der Waals surface area contributed by atoms with Gasteiger partial charge >= 0.3 is 0 Å². The van der Waals surface area contributed by atoms with Crippen LogP contribution in [0, 0.1) is 0 Å². The van der Waals surface area contributed by atoms with E-state index < -0.39 is 0 Å². The van der Waals surface area contributed by atoms with Gasteiger partial charge in [0.05, 0.1) is 11.3 Å². The van der Waals surface area contributed by atoms with E-state index >= 15 is 0 Å². The summed E-state index contributed by atoms with van der Waals surface area (Å²) < 4.78 is 0. The lowest BCUT2D eigenvalue weighted by Crippen LogP contribution is -2.51. The number of hydrogen-bond donors (Lipinski definition) is 0. The van der Waals surface area contributed by atoms with Gasteiger partial charge in [-0.25, -0.2) is 0 Å². The average Bonchev–Trinajstić information content (AvgIpc) is 2.64. The van der Waals surface area contributed by atoms with Crippen LogP contribution in [-0.4, -0.2) is 35.0 Å². The van der Waals surface area contributed by atoms with E-state index in [0.29, 0.717) is 0 Å². The summed E-state index contributed by atoms with van der Waals surface area (Å²) in [7, 11) is 0. The van der Waals surface area contributed by atoms with E-state index in [0.717, 1.165) is 37.2 Å². The predicted octanol–water partition coefficient (Wildman–Crippen LogP) is 4.33. The Bertz CT molecular complexity index is 541. The van der Waals surface area contributed by atoms with Gasteiger partial charge in [-0.1, -0.05) is 26.0 Å². The second-order valence-corrected chi connectivity index (χ2v) is 7.50. The van der Waals surface area contributed by atoms with Gasteiger partial charge in [0.1, 0.15) is 0 Å². The average molecular weight is 302 g/mol. The van der Waals surface area contributed by atoms with Crippen molar-refractivity contribution >= 4 is 11.6 Å². The van der Waals surface area contributed by atoms with Gasteiger partial charge in [0.15, 0.2) is 0 Å². The number of fused-ring (bicyclic) bond motifs is 1. The van der Waals surface area contributed by atoms with Gasteiger partial charge in [0.25, 0.3) is 5.91 Å². The molecule has 3 heteroatoms. The summed E-state index contributed by atoms with van der Waals surface area (Å²) >= 11 is 0. The monoisotopic (exact) mass is 302 g/mol. The van der Waals surface area contributed by atoms with Crippen LogP contribution in [0.25, 0.3) is 0 Å². The molecule has 1 aromatic carbocycles. The number of para-hydroxylation sites is 1. The Morgan fingerprint density at radius 3 is 2.05 bits per heavy atom. The van der Waals surface area contributed by atoms with E-state index in [9.17, 15) is 4.79 Å². The molecule has 1 amide bonds. The van der Waals surface area contributed by atoms with Crippen LogP contribution in [0.15, 0.2) is 24.3 Å². The summed E-state index contributed by atoms with van der Waals surface area (Å²) in [6, 6.07) is 8.05. The Hall–Kier alpha value is -1.51. The maximum absolute atomic E-state index is 13.2. The van der Waals surface area contributed by atoms with Crippen molar-refractivity contribution in [3.8, 4) is 0 Å². The quantitative estimate of drug-likeness (QED) is 0.830. The maximum Gasteiger partial charge on any atom is 0.256 e. The highest BCUT2D eigenvalue weighted by Gasteiger charge is 2.38. The van der Waals surface area contributed by atoms with Gasteiger partial charge in [0.2, 0.25) is 0 Å². The fraction of sp³-hybridized carbons (Fsp3) is 0.632. The second kappa shape index (κ2) is 5.94. The minimum atomic E-state index is -0.0713. The molecule has 0 spiro atoms. The molecule has 0 aromatic heterocycles. The van der Waals surface area contributed by atoms with Crippen molar-refractivity contribution in [3.05, 3.63) is 29.8 Å². The third-order valence-electron chi connectivity index (χ3n) is 5.20. The highest BCUT2D eigenvalue weighted by Crippen LogP contribution is 2.34. The molecule has 1 aliphatic rings. The Morgan fingerprint density at radius 1 is 0.955 bits per heavy atom. The summed E-state index contributed by atoms with van der Waals surface area (Å²) in [6.07, 6.45) is 1.96. The molecule has 0 saturated carbocycles. The molecule has 0 fully saturated rings. The number of carbonyl (C=O) groups excluding carboxylic acids is 1. The topological polar surface area (TPSA) is 23.6 Å². The summed E-state index contributed by atoms with van der Waals surface area (Å²) in [5.41, 5.74) is 1.83. The number of benzene rings is 1. The molecule has 3 nitrogen and oxygen atoms in total. The summed E-state index contributed by atoms with van der Waals surface area (Å²) in [4.78, 5) is 17.6. The molecule has 0 radical (unpaired) electrons. The molecule has 0 N–H and O–H groups in total. The molecule has 0 aliphatic carbocycles. The SMILES string of the molecule is CCC(C)(CC)N1CCN(C(C)(C)C)c2ccccc2C1=O. The van der Waals surface area contributed by atoms with Crippen LogP contribution in [0.1, 0.15) is 64.7 Å². The van der Waals surface area contributed by atoms with Crippen molar-refractivity contribution in [3.63, 3.8) is 0 Å². The first-order valence-electron chi connectivity index (χ1n) is 8.43. The first-order valence-corrected chi connectivity index (χ1v) is 8.43. The van der Waals surface area contributed by atoms with Crippen molar-refractivity contribution in [1.29, 1.82) is 0 Å². The molecular formula is C19H30N2O. The molecule has 0 atom stereocenters. The lowest BCUT2D eigenvalue weighted by molar-refractivity contribution is 0.0503. The molecule has 1 aromatic rings. The minimum Gasteiger partial charge on any atom is -0.364 e. The van der Waals surface area contributed by atoms with Gasteiger partial charge in [-0.15, -0.1) is 0 Å². The number of hydrogen-bond acceptors (Lipinski definition) is 2.